The van der Waals surface area contributed by atoms with E-state index in [9.17, 15) is 15.0 Å². The molecule has 6 heteroatoms. The molecule has 0 amide bonds. The van der Waals surface area contributed by atoms with Gasteiger partial charge in [0.15, 0.2) is 11.5 Å². The van der Waals surface area contributed by atoms with Gasteiger partial charge in [0.25, 0.3) is 0 Å². The number of carboxylic acid groups (broad SMARTS) is 1. The average Bonchev–Trinajstić information content (AvgIpc) is 2.14. The standard InChI is InChI=1S/C9H10BrNO4/c1-3-2-4(12)8(13)6(10)5(3)7(11)9(14)15/h2,7,12-13H,11H2,1H3,(H,14,15). The summed E-state index contributed by atoms with van der Waals surface area (Å²) in [4.78, 5) is 10.7. The topological polar surface area (TPSA) is 104 Å². The van der Waals surface area contributed by atoms with Crippen LogP contribution in [0.5, 0.6) is 11.5 Å². The summed E-state index contributed by atoms with van der Waals surface area (Å²) < 4.78 is 0.106. The Balaban J connectivity index is 3.42. The van der Waals surface area contributed by atoms with Crippen molar-refractivity contribution in [3.63, 3.8) is 0 Å². The number of hydrogen-bond donors (Lipinski definition) is 4. The second kappa shape index (κ2) is 4.08. The van der Waals surface area contributed by atoms with Gasteiger partial charge in [-0.05, 0) is 34.5 Å². The molecule has 1 unspecified atom stereocenters. The number of carboxylic acids is 1. The molecular weight excluding hydrogens is 266 g/mol. The molecule has 0 heterocycles. The molecule has 0 aliphatic heterocycles. The molecule has 0 fully saturated rings. The van der Waals surface area contributed by atoms with E-state index in [2.05, 4.69) is 15.9 Å². The minimum Gasteiger partial charge on any atom is -0.504 e. The van der Waals surface area contributed by atoms with Crippen molar-refractivity contribution in [1.29, 1.82) is 0 Å². The van der Waals surface area contributed by atoms with Crippen molar-refractivity contribution < 1.29 is 20.1 Å². The van der Waals surface area contributed by atoms with E-state index in [1.807, 2.05) is 0 Å². The van der Waals surface area contributed by atoms with Gasteiger partial charge in [-0.25, -0.2) is 0 Å². The molecule has 1 aromatic rings. The second-order valence-electron chi connectivity index (χ2n) is 3.10. The van der Waals surface area contributed by atoms with Crippen LogP contribution in [-0.4, -0.2) is 21.3 Å². The fourth-order valence-electron chi connectivity index (χ4n) is 1.27. The Morgan fingerprint density at radius 3 is 2.53 bits per heavy atom. The molecule has 0 aliphatic carbocycles. The first-order chi connectivity index (χ1) is 6.86. The van der Waals surface area contributed by atoms with Gasteiger partial charge in [0.2, 0.25) is 0 Å². The van der Waals surface area contributed by atoms with Gasteiger partial charge in [-0.15, -0.1) is 0 Å². The molecule has 15 heavy (non-hydrogen) atoms. The Hall–Kier alpha value is -1.27. The maximum atomic E-state index is 10.7. The SMILES string of the molecule is Cc1cc(O)c(O)c(Br)c1C(N)C(=O)O. The Bertz CT molecular complexity index is 419. The molecule has 82 valence electrons. The van der Waals surface area contributed by atoms with E-state index in [0.29, 0.717) is 5.56 Å². The van der Waals surface area contributed by atoms with Crippen LogP contribution >= 0.6 is 15.9 Å². The summed E-state index contributed by atoms with van der Waals surface area (Å²) in [5.74, 6) is -1.93. The maximum absolute atomic E-state index is 10.7. The molecule has 1 aromatic carbocycles. The lowest BCUT2D eigenvalue weighted by Crippen LogP contribution is -2.22. The predicted molar refractivity (Wildman–Crippen MR) is 56.8 cm³/mol. The van der Waals surface area contributed by atoms with Crippen LogP contribution in [-0.2, 0) is 4.79 Å². The summed E-state index contributed by atoms with van der Waals surface area (Å²) in [5.41, 5.74) is 6.18. The Labute approximate surface area is 94.3 Å². The number of hydrogen-bond acceptors (Lipinski definition) is 4. The third kappa shape index (κ3) is 2.05. The number of phenols is 2. The van der Waals surface area contributed by atoms with Crippen LogP contribution in [0, 0.1) is 6.92 Å². The van der Waals surface area contributed by atoms with Gasteiger partial charge in [-0.2, -0.15) is 0 Å². The summed E-state index contributed by atoms with van der Waals surface area (Å²) in [7, 11) is 0. The summed E-state index contributed by atoms with van der Waals surface area (Å²) in [6.07, 6.45) is 0. The number of halogens is 1. The first-order valence-corrected chi connectivity index (χ1v) is 4.84. The van der Waals surface area contributed by atoms with Crippen LogP contribution in [0.4, 0.5) is 0 Å². The number of rotatable bonds is 2. The number of aryl methyl sites for hydroxylation is 1. The first-order valence-electron chi connectivity index (χ1n) is 4.05. The van der Waals surface area contributed by atoms with Crippen LogP contribution in [0.25, 0.3) is 0 Å². The van der Waals surface area contributed by atoms with Crippen molar-refractivity contribution in [3.05, 3.63) is 21.7 Å². The first kappa shape index (κ1) is 11.8. The van der Waals surface area contributed by atoms with E-state index in [0.717, 1.165) is 0 Å². The van der Waals surface area contributed by atoms with Gasteiger partial charge in [-0.3, -0.25) is 4.79 Å². The molecule has 1 atom stereocenters. The van der Waals surface area contributed by atoms with Crippen molar-refractivity contribution in [2.45, 2.75) is 13.0 Å². The third-order valence-corrected chi connectivity index (χ3v) is 2.84. The average molecular weight is 276 g/mol. The Kier molecular flexibility index (Phi) is 3.21. The summed E-state index contributed by atoms with van der Waals surface area (Å²) in [6, 6.07) is 0.0176. The van der Waals surface area contributed by atoms with Crippen LogP contribution in [0.15, 0.2) is 10.5 Å². The fraction of sp³-hybridized carbons (Fsp3) is 0.222. The molecule has 5 N–H and O–H groups in total. The van der Waals surface area contributed by atoms with Crippen molar-refractivity contribution in [3.8, 4) is 11.5 Å². The summed E-state index contributed by atoms with van der Waals surface area (Å²) >= 11 is 3.00. The normalized spacial score (nSPS) is 12.5. The van der Waals surface area contributed by atoms with Crippen molar-refractivity contribution >= 4 is 21.9 Å². The number of benzene rings is 1. The lowest BCUT2D eigenvalue weighted by atomic mass is 10.0. The molecule has 0 radical (unpaired) electrons. The van der Waals surface area contributed by atoms with Crippen molar-refractivity contribution in [2.75, 3.05) is 0 Å². The number of aromatic hydroxyl groups is 2. The Morgan fingerprint density at radius 1 is 1.53 bits per heavy atom. The van der Waals surface area contributed by atoms with Gasteiger partial charge in [0.1, 0.15) is 6.04 Å². The van der Waals surface area contributed by atoms with E-state index in [1.54, 1.807) is 6.92 Å². The molecule has 0 aliphatic rings. The molecular formula is C9H10BrNO4. The molecule has 0 bridgehead atoms. The zero-order valence-electron chi connectivity index (χ0n) is 7.86. The highest BCUT2D eigenvalue weighted by Crippen LogP contribution is 2.40. The van der Waals surface area contributed by atoms with Gasteiger partial charge in [0, 0.05) is 5.56 Å². The maximum Gasteiger partial charge on any atom is 0.325 e. The largest absolute Gasteiger partial charge is 0.504 e. The van der Waals surface area contributed by atoms with Gasteiger partial charge in [-0.1, -0.05) is 0 Å². The van der Waals surface area contributed by atoms with E-state index in [4.69, 9.17) is 10.8 Å². The number of phenolic OH excluding ortho intramolecular Hbond substituents is 2. The minimum absolute atomic E-state index is 0.106. The number of nitrogens with two attached hydrogens (primary N) is 1. The predicted octanol–water partition coefficient (Wildman–Crippen LogP) is 1.25. The third-order valence-electron chi connectivity index (χ3n) is 2.04. The summed E-state index contributed by atoms with van der Waals surface area (Å²) in [6.45, 7) is 1.60. The smallest absolute Gasteiger partial charge is 0.325 e. The highest BCUT2D eigenvalue weighted by atomic mass is 79.9. The summed E-state index contributed by atoms with van der Waals surface area (Å²) in [5, 5.41) is 27.4. The lowest BCUT2D eigenvalue weighted by Gasteiger charge is -2.14. The Morgan fingerprint density at radius 2 is 2.07 bits per heavy atom. The molecule has 1 rings (SSSR count). The highest BCUT2D eigenvalue weighted by molar-refractivity contribution is 9.10. The van der Waals surface area contributed by atoms with Gasteiger partial charge in [0.05, 0.1) is 4.47 Å². The molecule has 0 aromatic heterocycles. The van der Waals surface area contributed by atoms with Crippen molar-refractivity contribution in [1.82, 2.24) is 0 Å². The molecule has 0 spiro atoms. The van der Waals surface area contributed by atoms with E-state index < -0.39 is 17.8 Å². The van der Waals surface area contributed by atoms with E-state index in [1.165, 1.54) is 6.07 Å². The molecule has 5 nitrogen and oxygen atoms in total. The van der Waals surface area contributed by atoms with Crippen LogP contribution in [0.2, 0.25) is 0 Å². The van der Waals surface area contributed by atoms with Crippen molar-refractivity contribution in [2.24, 2.45) is 5.73 Å². The fourth-order valence-corrected chi connectivity index (χ4v) is 2.03. The highest BCUT2D eigenvalue weighted by Gasteiger charge is 2.23. The minimum atomic E-state index is -1.24. The zero-order chi connectivity index (χ0) is 11.7. The quantitative estimate of drug-likeness (QED) is 0.609. The monoisotopic (exact) mass is 275 g/mol. The van der Waals surface area contributed by atoms with Gasteiger partial charge >= 0.3 is 5.97 Å². The van der Waals surface area contributed by atoms with E-state index >= 15 is 0 Å². The van der Waals surface area contributed by atoms with Crippen LogP contribution < -0.4 is 5.73 Å². The number of carbonyl (C=O) groups is 1. The molecule has 0 saturated heterocycles. The van der Waals surface area contributed by atoms with Crippen LogP contribution in [0.3, 0.4) is 0 Å². The second-order valence-corrected chi connectivity index (χ2v) is 3.90. The number of aliphatic carboxylic acids is 1. The van der Waals surface area contributed by atoms with E-state index in [-0.39, 0.29) is 15.8 Å². The zero-order valence-corrected chi connectivity index (χ0v) is 9.45. The van der Waals surface area contributed by atoms with Gasteiger partial charge < -0.3 is 21.1 Å². The lowest BCUT2D eigenvalue weighted by molar-refractivity contribution is -0.138. The molecule has 0 saturated carbocycles. The van der Waals surface area contributed by atoms with Crippen LogP contribution in [0.1, 0.15) is 17.2 Å².